The average molecular weight is 263 g/mol. The summed E-state index contributed by atoms with van der Waals surface area (Å²) < 4.78 is 0. The number of benzene rings is 1. The molecule has 0 spiro atoms. The largest absolute Gasteiger partial charge is 0.508 e. The van der Waals surface area contributed by atoms with Gasteiger partial charge in [0.05, 0.1) is 0 Å². The molecular formula is C16H25NO2. The lowest BCUT2D eigenvalue weighted by Gasteiger charge is -2.04. The number of carbonyl (C=O) groups excluding carboxylic acids is 1. The van der Waals surface area contributed by atoms with Crippen molar-refractivity contribution >= 4 is 6.08 Å². The average Bonchev–Trinajstić information content (AvgIpc) is 2.41. The predicted molar refractivity (Wildman–Crippen MR) is 78.2 cm³/mol. The van der Waals surface area contributed by atoms with Crippen LogP contribution in [0.1, 0.15) is 57.4 Å². The van der Waals surface area contributed by atoms with Crippen LogP contribution in [0.25, 0.3) is 0 Å². The second-order valence-electron chi connectivity index (χ2n) is 4.60. The van der Waals surface area contributed by atoms with E-state index >= 15 is 0 Å². The van der Waals surface area contributed by atoms with Gasteiger partial charge in [-0.3, -0.25) is 0 Å². The quantitative estimate of drug-likeness (QED) is 0.409. The van der Waals surface area contributed by atoms with Crippen LogP contribution in [0.2, 0.25) is 0 Å². The highest BCUT2D eigenvalue weighted by Gasteiger charge is 1.98. The van der Waals surface area contributed by atoms with Crippen LogP contribution in [0.3, 0.4) is 0 Å². The highest BCUT2D eigenvalue weighted by atomic mass is 16.3. The molecule has 1 aromatic carbocycles. The molecule has 0 saturated carbocycles. The summed E-state index contributed by atoms with van der Waals surface area (Å²) in [6, 6.07) is 7.67. The molecule has 0 unspecified atom stereocenters. The molecule has 0 heterocycles. The van der Waals surface area contributed by atoms with Gasteiger partial charge in [-0.25, -0.2) is 10.2 Å². The lowest BCUT2D eigenvalue weighted by Crippen LogP contribution is -1.87. The van der Waals surface area contributed by atoms with E-state index in [1.165, 1.54) is 44.9 Å². The molecule has 0 amide bonds. The molecular weight excluding hydrogens is 238 g/mol. The monoisotopic (exact) mass is 263 g/mol. The SMILES string of the molecule is CCCCCCCCCc1ccccc1O.N=C=O. The van der Waals surface area contributed by atoms with Crippen LogP contribution in [-0.2, 0) is 11.2 Å². The number of hydrogen-bond donors (Lipinski definition) is 2. The Bertz CT molecular complexity index is 358. The Morgan fingerprint density at radius 2 is 1.58 bits per heavy atom. The standard InChI is InChI=1S/C15H24O.CHNO/c1-2-3-4-5-6-7-8-11-14-12-9-10-13-15(14)16;2-1-3/h9-10,12-13,16H,2-8,11H2,1H3;2H. The summed E-state index contributed by atoms with van der Waals surface area (Å²) in [4.78, 5) is 8.35. The first-order valence-electron chi connectivity index (χ1n) is 7.07. The van der Waals surface area contributed by atoms with Gasteiger partial charge in [0.2, 0.25) is 6.08 Å². The minimum absolute atomic E-state index is 0.452. The minimum Gasteiger partial charge on any atom is -0.508 e. The first kappa shape index (κ1) is 17.4. The van der Waals surface area contributed by atoms with Crippen molar-refractivity contribution in [1.82, 2.24) is 0 Å². The van der Waals surface area contributed by atoms with E-state index in [0.29, 0.717) is 5.75 Å². The van der Waals surface area contributed by atoms with E-state index in [4.69, 9.17) is 10.2 Å². The molecule has 0 aromatic heterocycles. The zero-order valence-corrected chi connectivity index (χ0v) is 11.8. The molecule has 1 aromatic rings. The van der Waals surface area contributed by atoms with E-state index in [0.717, 1.165) is 18.1 Å². The highest BCUT2D eigenvalue weighted by Crippen LogP contribution is 2.18. The summed E-state index contributed by atoms with van der Waals surface area (Å²) in [6.07, 6.45) is 11.0. The van der Waals surface area contributed by atoms with E-state index in [-0.39, 0.29) is 0 Å². The predicted octanol–water partition coefficient (Wildman–Crippen LogP) is 4.59. The van der Waals surface area contributed by atoms with E-state index in [1.807, 2.05) is 18.2 Å². The number of para-hydroxylation sites is 1. The fourth-order valence-electron chi connectivity index (χ4n) is 1.99. The van der Waals surface area contributed by atoms with E-state index in [2.05, 4.69) is 6.92 Å². The number of aryl methyl sites for hydroxylation is 1. The maximum Gasteiger partial charge on any atom is 0.231 e. The van der Waals surface area contributed by atoms with Crippen LogP contribution in [0, 0.1) is 5.41 Å². The molecule has 19 heavy (non-hydrogen) atoms. The first-order valence-corrected chi connectivity index (χ1v) is 7.07. The number of nitrogens with one attached hydrogen (secondary N) is 1. The van der Waals surface area contributed by atoms with Crippen LogP contribution in [0.5, 0.6) is 5.75 Å². The van der Waals surface area contributed by atoms with Crippen LogP contribution in [0.4, 0.5) is 0 Å². The number of rotatable bonds is 8. The third-order valence-electron chi connectivity index (χ3n) is 3.04. The second-order valence-corrected chi connectivity index (χ2v) is 4.60. The topological polar surface area (TPSA) is 61.1 Å². The maximum absolute atomic E-state index is 9.58. The number of aromatic hydroxyl groups is 1. The normalized spacial score (nSPS) is 9.32. The van der Waals surface area contributed by atoms with E-state index in [1.54, 1.807) is 6.07 Å². The molecule has 106 valence electrons. The second kappa shape index (κ2) is 12.8. The molecule has 0 aliphatic carbocycles. The van der Waals surface area contributed by atoms with Crippen molar-refractivity contribution in [1.29, 1.82) is 5.41 Å². The van der Waals surface area contributed by atoms with E-state index in [9.17, 15) is 5.11 Å². The third kappa shape index (κ3) is 10.0. The van der Waals surface area contributed by atoms with Gasteiger partial charge in [-0.15, -0.1) is 0 Å². The fraction of sp³-hybridized carbons (Fsp3) is 0.562. The maximum atomic E-state index is 9.58. The number of unbranched alkanes of at least 4 members (excludes halogenated alkanes) is 6. The molecule has 0 aliphatic heterocycles. The fourth-order valence-corrected chi connectivity index (χ4v) is 1.99. The Hall–Kier alpha value is -1.60. The Labute approximate surface area is 116 Å². The van der Waals surface area contributed by atoms with Crippen molar-refractivity contribution in [2.24, 2.45) is 0 Å². The molecule has 0 aliphatic rings. The van der Waals surface area contributed by atoms with Crippen molar-refractivity contribution in [2.75, 3.05) is 0 Å². The summed E-state index contributed by atoms with van der Waals surface area (Å²) in [6.45, 7) is 2.25. The molecule has 2 N–H and O–H groups in total. The highest BCUT2D eigenvalue weighted by molar-refractivity contribution is 5.31. The van der Waals surface area contributed by atoms with Gasteiger partial charge in [0.15, 0.2) is 0 Å². The van der Waals surface area contributed by atoms with Crippen LogP contribution in [-0.4, -0.2) is 11.2 Å². The summed E-state index contributed by atoms with van der Waals surface area (Å²) in [5.74, 6) is 0.452. The molecule has 0 saturated heterocycles. The molecule has 0 bridgehead atoms. The van der Waals surface area contributed by atoms with Gasteiger partial charge in [-0.1, -0.05) is 63.6 Å². The van der Waals surface area contributed by atoms with Crippen molar-refractivity contribution in [3.8, 4) is 5.75 Å². The van der Waals surface area contributed by atoms with Gasteiger partial charge in [0.25, 0.3) is 0 Å². The molecule has 0 fully saturated rings. The number of phenols is 1. The summed E-state index contributed by atoms with van der Waals surface area (Å²) in [5.41, 5.74) is 1.09. The smallest absolute Gasteiger partial charge is 0.231 e. The van der Waals surface area contributed by atoms with Gasteiger partial charge in [0, 0.05) is 0 Å². The zero-order chi connectivity index (χ0) is 14.3. The van der Waals surface area contributed by atoms with Crippen LogP contribution >= 0.6 is 0 Å². The molecule has 3 nitrogen and oxygen atoms in total. The molecule has 0 radical (unpaired) electrons. The van der Waals surface area contributed by atoms with Crippen LogP contribution < -0.4 is 0 Å². The van der Waals surface area contributed by atoms with Gasteiger partial charge < -0.3 is 5.11 Å². The van der Waals surface area contributed by atoms with Crippen molar-refractivity contribution in [3.05, 3.63) is 29.8 Å². The van der Waals surface area contributed by atoms with Gasteiger partial charge >= 0.3 is 0 Å². The van der Waals surface area contributed by atoms with E-state index < -0.39 is 0 Å². The Morgan fingerprint density at radius 1 is 1.05 bits per heavy atom. The van der Waals surface area contributed by atoms with Crippen molar-refractivity contribution in [2.45, 2.75) is 58.3 Å². The minimum atomic E-state index is 0.452. The number of phenolic OH excluding ortho intramolecular Hbond substituents is 1. The lowest BCUT2D eigenvalue weighted by atomic mass is 10.0. The van der Waals surface area contributed by atoms with Gasteiger partial charge in [-0.05, 0) is 24.5 Å². The van der Waals surface area contributed by atoms with Gasteiger partial charge in [0.1, 0.15) is 5.75 Å². The Balaban J connectivity index is 0.000000982. The third-order valence-corrected chi connectivity index (χ3v) is 3.04. The molecule has 0 atom stereocenters. The molecule has 3 heteroatoms. The number of hydrogen-bond acceptors (Lipinski definition) is 3. The first-order chi connectivity index (χ1) is 9.26. The summed E-state index contributed by atoms with van der Waals surface area (Å²) in [5, 5.41) is 15.0. The lowest BCUT2D eigenvalue weighted by molar-refractivity contribution is 0.466. The Morgan fingerprint density at radius 3 is 2.16 bits per heavy atom. The number of isocyanates is 1. The Kier molecular flexibility index (Phi) is 11.8. The molecule has 1 rings (SSSR count). The summed E-state index contributed by atoms with van der Waals surface area (Å²) >= 11 is 0. The van der Waals surface area contributed by atoms with Gasteiger partial charge in [-0.2, -0.15) is 0 Å². The van der Waals surface area contributed by atoms with Crippen molar-refractivity contribution in [3.63, 3.8) is 0 Å². The summed E-state index contributed by atoms with van der Waals surface area (Å²) in [7, 11) is 0. The van der Waals surface area contributed by atoms with Crippen LogP contribution in [0.15, 0.2) is 24.3 Å². The zero-order valence-electron chi connectivity index (χ0n) is 11.8. The van der Waals surface area contributed by atoms with Crippen molar-refractivity contribution < 1.29 is 9.90 Å².